The van der Waals surface area contributed by atoms with Gasteiger partial charge in [-0.05, 0) is 43.2 Å². The van der Waals surface area contributed by atoms with Gasteiger partial charge in [-0.3, -0.25) is 4.90 Å². The lowest BCUT2D eigenvalue weighted by Gasteiger charge is -2.44. The van der Waals surface area contributed by atoms with Crippen LogP contribution >= 0.6 is 0 Å². The van der Waals surface area contributed by atoms with Crippen molar-refractivity contribution in [3.05, 3.63) is 30.0 Å². The highest BCUT2D eigenvalue weighted by Crippen LogP contribution is 2.24. The number of hydrogen-bond donors (Lipinski definition) is 1. The highest BCUT2D eigenvalue weighted by Gasteiger charge is 2.29. The van der Waals surface area contributed by atoms with Crippen LogP contribution in [0.25, 0.3) is 6.08 Å². The average Bonchev–Trinajstić information content (AvgIpc) is 2.53. The van der Waals surface area contributed by atoms with E-state index >= 15 is 0 Å². The molecule has 1 aromatic rings. The minimum absolute atomic E-state index is 0.667. The molecule has 5 heteroatoms. The molecule has 2 fully saturated rings. The fourth-order valence-electron chi connectivity index (χ4n) is 3.21. The number of aliphatic carboxylic acids is 1. The van der Waals surface area contributed by atoms with Crippen molar-refractivity contribution in [2.45, 2.75) is 25.3 Å². The fourth-order valence-corrected chi connectivity index (χ4v) is 3.21. The van der Waals surface area contributed by atoms with Crippen molar-refractivity contribution in [1.82, 2.24) is 9.88 Å². The first kappa shape index (κ1) is 14.1. The molecule has 0 amide bonds. The molecule has 0 bridgehead atoms. The van der Waals surface area contributed by atoms with Crippen LogP contribution in [0.3, 0.4) is 0 Å². The second kappa shape index (κ2) is 6.26. The molecule has 3 heterocycles. The zero-order valence-corrected chi connectivity index (χ0v) is 12.1. The number of piperazine rings is 1. The Kier molecular flexibility index (Phi) is 4.20. The summed E-state index contributed by atoms with van der Waals surface area (Å²) in [6.07, 6.45) is 8.40. The summed E-state index contributed by atoms with van der Waals surface area (Å²) in [5, 5.41) is 8.62. The number of pyridine rings is 1. The van der Waals surface area contributed by atoms with Crippen LogP contribution in [0.1, 0.15) is 24.8 Å². The van der Waals surface area contributed by atoms with Crippen molar-refractivity contribution >= 4 is 17.9 Å². The van der Waals surface area contributed by atoms with Gasteiger partial charge in [-0.2, -0.15) is 0 Å². The van der Waals surface area contributed by atoms with E-state index in [1.54, 1.807) is 12.3 Å². The monoisotopic (exact) mass is 287 g/mol. The molecule has 0 radical (unpaired) electrons. The second-order valence-electron chi connectivity index (χ2n) is 5.75. The molecule has 3 rings (SSSR count). The number of carbonyl (C=O) groups is 1. The van der Waals surface area contributed by atoms with E-state index < -0.39 is 5.97 Å². The summed E-state index contributed by atoms with van der Waals surface area (Å²) in [5.74, 6) is 0.0557. The van der Waals surface area contributed by atoms with Crippen LogP contribution in [-0.2, 0) is 4.79 Å². The van der Waals surface area contributed by atoms with Crippen LogP contribution in [0.15, 0.2) is 24.4 Å². The lowest BCUT2D eigenvalue weighted by Crippen LogP contribution is -2.55. The Morgan fingerprint density at radius 1 is 1.29 bits per heavy atom. The molecule has 0 aromatic carbocycles. The summed E-state index contributed by atoms with van der Waals surface area (Å²) in [4.78, 5) is 19.9. The summed E-state index contributed by atoms with van der Waals surface area (Å²) in [6, 6.07) is 4.58. The molecule has 21 heavy (non-hydrogen) atoms. The predicted octanol–water partition coefficient (Wildman–Crippen LogP) is 1.85. The van der Waals surface area contributed by atoms with Gasteiger partial charge in [-0.15, -0.1) is 0 Å². The smallest absolute Gasteiger partial charge is 0.328 e. The Morgan fingerprint density at radius 2 is 2.19 bits per heavy atom. The maximum Gasteiger partial charge on any atom is 0.328 e. The maximum absolute atomic E-state index is 10.5. The first-order valence-corrected chi connectivity index (χ1v) is 7.58. The van der Waals surface area contributed by atoms with Crippen LogP contribution in [0.5, 0.6) is 0 Å². The van der Waals surface area contributed by atoms with Gasteiger partial charge in [-0.25, -0.2) is 9.78 Å². The first-order valence-electron chi connectivity index (χ1n) is 7.58. The van der Waals surface area contributed by atoms with Crippen molar-refractivity contribution < 1.29 is 9.90 Å². The summed E-state index contributed by atoms with van der Waals surface area (Å²) < 4.78 is 0. The molecule has 1 unspecified atom stereocenters. The Bertz CT molecular complexity index is 527. The van der Waals surface area contributed by atoms with Gasteiger partial charge >= 0.3 is 5.97 Å². The van der Waals surface area contributed by atoms with Crippen LogP contribution in [-0.4, -0.2) is 53.2 Å². The summed E-state index contributed by atoms with van der Waals surface area (Å²) in [5.41, 5.74) is 0.817. The molecule has 5 nitrogen and oxygen atoms in total. The summed E-state index contributed by atoms with van der Waals surface area (Å²) in [6.45, 7) is 4.43. The highest BCUT2D eigenvalue weighted by atomic mass is 16.4. The Balaban J connectivity index is 1.65. The van der Waals surface area contributed by atoms with E-state index in [1.165, 1.54) is 25.8 Å². The quantitative estimate of drug-likeness (QED) is 0.860. The minimum Gasteiger partial charge on any atom is -0.478 e. The van der Waals surface area contributed by atoms with E-state index in [9.17, 15) is 4.79 Å². The molecule has 2 aliphatic heterocycles. The predicted molar refractivity (Wildman–Crippen MR) is 82.3 cm³/mol. The Hall–Kier alpha value is -1.88. The maximum atomic E-state index is 10.5. The number of nitrogens with zero attached hydrogens (tertiary/aromatic N) is 3. The highest BCUT2D eigenvalue weighted by molar-refractivity contribution is 5.85. The first-order chi connectivity index (χ1) is 10.2. The zero-order chi connectivity index (χ0) is 14.7. The van der Waals surface area contributed by atoms with Gasteiger partial charge in [0.2, 0.25) is 0 Å². The Morgan fingerprint density at radius 3 is 2.95 bits per heavy atom. The number of fused-ring (bicyclic) bond motifs is 1. The second-order valence-corrected chi connectivity index (χ2v) is 5.75. The average molecular weight is 287 g/mol. The molecule has 2 aliphatic rings. The van der Waals surface area contributed by atoms with E-state index in [1.807, 2.05) is 12.1 Å². The van der Waals surface area contributed by atoms with Crippen molar-refractivity contribution in [2.75, 3.05) is 31.1 Å². The molecule has 0 spiro atoms. The van der Waals surface area contributed by atoms with Gasteiger partial charge in [0, 0.05) is 37.9 Å². The largest absolute Gasteiger partial charge is 0.478 e. The molecular weight excluding hydrogens is 266 g/mol. The molecule has 112 valence electrons. The van der Waals surface area contributed by atoms with Gasteiger partial charge in [0.1, 0.15) is 5.82 Å². The Labute approximate surface area is 124 Å². The van der Waals surface area contributed by atoms with E-state index in [-0.39, 0.29) is 0 Å². The number of hydrogen-bond acceptors (Lipinski definition) is 4. The third kappa shape index (κ3) is 3.42. The van der Waals surface area contributed by atoms with Gasteiger partial charge in [0.15, 0.2) is 0 Å². The van der Waals surface area contributed by atoms with Crippen molar-refractivity contribution in [3.8, 4) is 0 Å². The third-order valence-electron chi connectivity index (χ3n) is 4.35. The lowest BCUT2D eigenvalue weighted by molar-refractivity contribution is -0.131. The number of aromatic nitrogens is 1. The zero-order valence-electron chi connectivity index (χ0n) is 12.1. The summed E-state index contributed by atoms with van der Waals surface area (Å²) >= 11 is 0. The number of rotatable bonds is 3. The van der Waals surface area contributed by atoms with E-state index in [0.717, 1.165) is 37.1 Å². The van der Waals surface area contributed by atoms with E-state index in [4.69, 9.17) is 5.11 Å². The van der Waals surface area contributed by atoms with Gasteiger partial charge in [0.25, 0.3) is 0 Å². The van der Waals surface area contributed by atoms with Gasteiger partial charge < -0.3 is 10.0 Å². The molecule has 1 aromatic heterocycles. The van der Waals surface area contributed by atoms with Crippen molar-refractivity contribution in [3.63, 3.8) is 0 Å². The number of carboxylic acid groups (broad SMARTS) is 1. The van der Waals surface area contributed by atoms with Gasteiger partial charge in [-0.1, -0.05) is 6.42 Å². The molecular formula is C16H21N3O2. The van der Waals surface area contributed by atoms with Crippen LogP contribution in [0.4, 0.5) is 5.82 Å². The van der Waals surface area contributed by atoms with Crippen LogP contribution in [0.2, 0.25) is 0 Å². The minimum atomic E-state index is -0.938. The van der Waals surface area contributed by atoms with Crippen molar-refractivity contribution in [2.24, 2.45) is 0 Å². The normalized spacial score (nSPS) is 23.2. The third-order valence-corrected chi connectivity index (χ3v) is 4.35. The number of carboxylic acids is 1. The molecule has 1 atom stereocenters. The van der Waals surface area contributed by atoms with Gasteiger partial charge in [0.05, 0.1) is 0 Å². The van der Waals surface area contributed by atoms with E-state index in [2.05, 4.69) is 14.8 Å². The standard InChI is InChI=1S/C16H21N3O2/c20-16(21)7-5-13-4-6-15(17-11-13)19-10-9-18-8-2-1-3-14(18)12-19/h4-7,11,14H,1-3,8-10,12H2,(H,20,21)/b7-5+. The SMILES string of the molecule is O=C(O)/C=C/c1ccc(N2CCN3CCCCC3C2)nc1. The molecule has 0 saturated carbocycles. The number of anilines is 1. The number of piperidine rings is 1. The molecule has 2 saturated heterocycles. The summed E-state index contributed by atoms with van der Waals surface area (Å²) in [7, 11) is 0. The fraction of sp³-hybridized carbons (Fsp3) is 0.500. The van der Waals surface area contributed by atoms with Crippen molar-refractivity contribution in [1.29, 1.82) is 0 Å². The van der Waals surface area contributed by atoms with E-state index in [0.29, 0.717) is 6.04 Å². The lowest BCUT2D eigenvalue weighted by atomic mass is 9.99. The van der Waals surface area contributed by atoms with Crippen LogP contribution < -0.4 is 4.90 Å². The molecule has 0 aliphatic carbocycles. The topological polar surface area (TPSA) is 56.7 Å². The van der Waals surface area contributed by atoms with Crippen LogP contribution in [0, 0.1) is 0 Å². The molecule has 1 N–H and O–H groups in total.